The standard InChI is InChI=1S/C15H21F3N2O/c1-19-10-11-3-4-14(13(9-11)15(16,17)18)20-7-5-12(21-2)6-8-20/h3-4,9,12,19H,5-8,10H2,1-2H3. The third-order valence-electron chi connectivity index (χ3n) is 3.86. The number of hydrogen-bond donors (Lipinski definition) is 1. The lowest BCUT2D eigenvalue weighted by Crippen LogP contribution is -2.37. The van der Waals surface area contributed by atoms with Gasteiger partial charge in [-0.3, -0.25) is 0 Å². The number of nitrogens with one attached hydrogen (secondary N) is 1. The minimum Gasteiger partial charge on any atom is -0.381 e. The van der Waals surface area contributed by atoms with E-state index in [4.69, 9.17) is 4.74 Å². The highest BCUT2D eigenvalue weighted by Crippen LogP contribution is 2.38. The van der Waals surface area contributed by atoms with Gasteiger partial charge in [0, 0.05) is 32.4 Å². The van der Waals surface area contributed by atoms with Crippen LogP contribution in [0.4, 0.5) is 18.9 Å². The molecule has 1 aliphatic rings. The molecule has 0 aromatic heterocycles. The van der Waals surface area contributed by atoms with E-state index < -0.39 is 11.7 Å². The molecule has 0 spiro atoms. The number of anilines is 1. The Hall–Kier alpha value is -1.27. The number of piperidine rings is 1. The average molecular weight is 302 g/mol. The summed E-state index contributed by atoms with van der Waals surface area (Å²) < 4.78 is 45.2. The first-order valence-electron chi connectivity index (χ1n) is 7.08. The van der Waals surface area contributed by atoms with Gasteiger partial charge in [0.05, 0.1) is 11.7 Å². The molecule has 0 bridgehead atoms. The highest BCUT2D eigenvalue weighted by molar-refractivity contribution is 5.56. The monoisotopic (exact) mass is 302 g/mol. The van der Waals surface area contributed by atoms with E-state index in [1.165, 1.54) is 6.07 Å². The average Bonchev–Trinajstić information content (AvgIpc) is 2.47. The molecule has 0 unspecified atom stereocenters. The topological polar surface area (TPSA) is 24.5 Å². The first kappa shape index (κ1) is 16.1. The zero-order valence-electron chi connectivity index (χ0n) is 12.3. The van der Waals surface area contributed by atoms with Crippen LogP contribution in [-0.4, -0.2) is 33.4 Å². The van der Waals surface area contributed by atoms with E-state index >= 15 is 0 Å². The Labute approximate surface area is 123 Å². The molecule has 1 aliphatic heterocycles. The quantitative estimate of drug-likeness (QED) is 0.925. The van der Waals surface area contributed by atoms with E-state index in [9.17, 15) is 13.2 Å². The van der Waals surface area contributed by atoms with Crippen molar-refractivity contribution in [3.63, 3.8) is 0 Å². The second-order valence-electron chi connectivity index (χ2n) is 5.30. The molecule has 1 aromatic carbocycles. The van der Waals surface area contributed by atoms with Crippen molar-refractivity contribution in [3.8, 4) is 0 Å². The second kappa shape index (κ2) is 6.66. The van der Waals surface area contributed by atoms with Gasteiger partial charge in [0.1, 0.15) is 0 Å². The molecule has 0 amide bonds. The molecule has 1 saturated heterocycles. The third kappa shape index (κ3) is 3.89. The zero-order valence-corrected chi connectivity index (χ0v) is 12.3. The first-order valence-corrected chi connectivity index (χ1v) is 7.08. The van der Waals surface area contributed by atoms with Crippen LogP contribution in [0.25, 0.3) is 0 Å². The first-order chi connectivity index (χ1) is 9.95. The molecule has 118 valence electrons. The Balaban J connectivity index is 2.26. The Morgan fingerprint density at radius 3 is 2.48 bits per heavy atom. The second-order valence-corrected chi connectivity index (χ2v) is 5.30. The highest BCUT2D eigenvalue weighted by Gasteiger charge is 2.35. The normalized spacial score (nSPS) is 17.3. The predicted molar refractivity (Wildman–Crippen MR) is 76.5 cm³/mol. The van der Waals surface area contributed by atoms with Gasteiger partial charge < -0.3 is 15.0 Å². The van der Waals surface area contributed by atoms with Crippen molar-refractivity contribution in [2.24, 2.45) is 0 Å². The summed E-state index contributed by atoms with van der Waals surface area (Å²) in [7, 11) is 3.37. The predicted octanol–water partition coefficient (Wildman–Crippen LogP) is 3.04. The Bertz CT molecular complexity index is 468. The van der Waals surface area contributed by atoms with Gasteiger partial charge in [0.25, 0.3) is 0 Å². The van der Waals surface area contributed by atoms with E-state index in [0.717, 1.165) is 12.8 Å². The molecule has 6 heteroatoms. The van der Waals surface area contributed by atoms with Crippen LogP contribution in [0.3, 0.4) is 0 Å². The van der Waals surface area contributed by atoms with Crippen molar-refractivity contribution >= 4 is 5.69 Å². The number of benzene rings is 1. The van der Waals surface area contributed by atoms with Gasteiger partial charge in [-0.25, -0.2) is 0 Å². The van der Waals surface area contributed by atoms with Crippen molar-refractivity contribution in [3.05, 3.63) is 29.3 Å². The maximum Gasteiger partial charge on any atom is 0.418 e. The van der Waals surface area contributed by atoms with E-state index in [2.05, 4.69) is 5.32 Å². The van der Waals surface area contributed by atoms with Crippen LogP contribution >= 0.6 is 0 Å². The van der Waals surface area contributed by atoms with Gasteiger partial charge in [-0.2, -0.15) is 13.2 Å². The fourth-order valence-electron chi connectivity index (χ4n) is 2.73. The van der Waals surface area contributed by atoms with Crippen molar-refractivity contribution in [2.45, 2.75) is 31.7 Å². The van der Waals surface area contributed by atoms with Crippen LogP contribution in [-0.2, 0) is 17.5 Å². The smallest absolute Gasteiger partial charge is 0.381 e. The molecule has 0 saturated carbocycles. The maximum atomic E-state index is 13.3. The molecule has 2 rings (SSSR count). The summed E-state index contributed by atoms with van der Waals surface area (Å²) in [5.41, 5.74) is 0.364. The molecule has 0 atom stereocenters. The Morgan fingerprint density at radius 2 is 1.95 bits per heavy atom. The van der Waals surface area contributed by atoms with Gasteiger partial charge in [-0.15, -0.1) is 0 Å². The van der Waals surface area contributed by atoms with Crippen LogP contribution in [0, 0.1) is 0 Å². The Morgan fingerprint density at radius 1 is 1.29 bits per heavy atom. The summed E-state index contributed by atoms with van der Waals surface area (Å²) >= 11 is 0. The summed E-state index contributed by atoms with van der Waals surface area (Å²) in [6.45, 7) is 1.61. The SMILES string of the molecule is CNCc1ccc(N2CCC(OC)CC2)c(C(F)(F)F)c1. The van der Waals surface area contributed by atoms with Gasteiger partial charge in [0.15, 0.2) is 0 Å². The third-order valence-corrected chi connectivity index (χ3v) is 3.86. The van der Waals surface area contributed by atoms with Crippen LogP contribution in [0.5, 0.6) is 0 Å². The molecule has 0 aliphatic carbocycles. The van der Waals surface area contributed by atoms with E-state index in [1.54, 1.807) is 26.3 Å². The molecule has 0 radical (unpaired) electrons. The fraction of sp³-hybridized carbons (Fsp3) is 0.600. The van der Waals surface area contributed by atoms with Crippen molar-refractivity contribution in [2.75, 3.05) is 32.1 Å². The summed E-state index contributed by atoms with van der Waals surface area (Å²) in [4.78, 5) is 1.81. The molecule has 1 fully saturated rings. The van der Waals surface area contributed by atoms with Crippen LogP contribution in [0.2, 0.25) is 0 Å². The van der Waals surface area contributed by atoms with E-state index in [-0.39, 0.29) is 11.8 Å². The molecule has 1 aromatic rings. The van der Waals surface area contributed by atoms with Crippen LogP contribution in [0.1, 0.15) is 24.0 Å². The minimum absolute atomic E-state index is 0.152. The molecular weight excluding hydrogens is 281 g/mol. The summed E-state index contributed by atoms with van der Waals surface area (Å²) in [5.74, 6) is 0. The Kier molecular flexibility index (Phi) is 5.11. The summed E-state index contributed by atoms with van der Waals surface area (Å²) in [6.07, 6.45) is -2.67. The molecule has 21 heavy (non-hydrogen) atoms. The number of rotatable bonds is 4. The van der Waals surface area contributed by atoms with E-state index in [1.807, 2.05) is 4.90 Å². The number of ether oxygens (including phenoxy) is 1. The molecular formula is C15H21F3N2O. The molecule has 1 N–H and O–H groups in total. The van der Waals surface area contributed by atoms with Crippen LogP contribution in [0.15, 0.2) is 18.2 Å². The molecule has 3 nitrogen and oxygen atoms in total. The summed E-state index contributed by atoms with van der Waals surface area (Å²) in [5, 5.41) is 2.88. The number of methoxy groups -OCH3 is 1. The fourth-order valence-corrected chi connectivity index (χ4v) is 2.73. The van der Waals surface area contributed by atoms with Gasteiger partial charge in [-0.05, 0) is 37.6 Å². The largest absolute Gasteiger partial charge is 0.418 e. The van der Waals surface area contributed by atoms with Gasteiger partial charge in [-0.1, -0.05) is 6.07 Å². The van der Waals surface area contributed by atoms with Crippen molar-refractivity contribution in [1.82, 2.24) is 5.32 Å². The highest BCUT2D eigenvalue weighted by atomic mass is 19.4. The van der Waals surface area contributed by atoms with Gasteiger partial charge in [0.2, 0.25) is 0 Å². The van der Waals surface area contributed by atoms with Crippen molar-refractivity contribution in [1.29, 1.82) is 0 Å². The number of alkyl halides is 3. The van der Waals surface area contributed by atoms with E-state index in [0.29, 0.717) is 25.2 Å². The lowest BCUT2D eigenvalue weighted by atomic mass is 10.0. The number of hydrogen-bond acceptors (Lipinski definition) is 3. The van der Waals surface area contributed by atoms with Gasteiger partial charge >= 0.3 is 6.18 Å². The molecule has 1 heterocycles. The minimum atomic E-state index is -4.34. The van der Waals surface area contributed by atoms with Crippen molar-refractivity contribution < 1.29 is 17.9 Å². The van der Waals surface area contributed by atoms with Crippen LogP contribution < -0.4 is 10.2 Å². The summed E-state index contributed by atoms with van der Waals surface area (Å²) in [6, 6.07) is 4.58. The maximum absolute atomic E-state index is 13.3. The lowest BCUT2D eigenvalue weighted by Gasteiger charge is -2.34. The zero-order chi connectivity index (χ0) is 15.5. The number of nitrogens with zero attached hydrogens (tertiary/aromatic N) is 1. The number of halogens is 3. The lowest BCUT2D eigenvalue weighted by molar-refractivity contribution is -0.137.